The minimum absolute atomic E-state index is 1.04. The number of hydrogen-bond acceptors (Lipinski definition) is 3. The first-order chi connectivity index (χ1) is 7.38. The van der Waals surface area contributed by atoms with Crippen LogP contribution in [0.1, 0.15) is 0 Å². The number of pyridine rings is 1. The maximum atomic E-state index is 3.97. The molecule has 0 saturated heterocycles. The Morgan fingerprint density at radius 2 is 1.67 bits per heavy atom. The molecule has 0 fully saturated rings. The second-order valence-electron chi connectivity index (χ2n) is 3.19. The van der Waals surface area contributed by atoms with Crippen LogP contribution in [0.15, 0.2) is 48.8 Å². The molecule has 76 valence electrons. The molecule has 2 rings (SSSR count). The monoisotopic (exact) mass is 199 g/mol. The summed E-state index contributed by atoms with van der Waals surface area (Å²) < 4.78 is 0. The van der Waals surface area contributed by atoms with E-state index in [0.29, 0.717) is 0 Å². The fraction of sp³-hybridized carbons (Fsp3) is 0.0833. The van der Waals surface area contributed by atoms with Gasteiger partial charge in [-0.15, -0.1) is 0 Å². The van der Waals surface area contributed by atoms with Crippen LogP contribution >= 0.6 is 0 Å². The summed E-state index contributed by atoms with van der Waals surface area (Å²) in [4.78, 5) is 3.97. The molecule has 1 aromatic carbocycles. The van der Waals surface area contributed by atoms with Gasteiger partial charge in [-0.05, 0) is 30.3 Å². The van der Waals surface area contributed by atoms with Gasteiger partial charge in [-0.3, -0.25) is 4.98 Å². The molecule has 0 radical (unpaired) electrons. The first-order valence-electron chi connectivity index (χ1n) is 4.83. The summed E-state index contributed by atoms with van der Waals surface area (Å²) in [5.41, 5.74) is 3.19. The SMILES string of the molecule is CNc1cccc(Nc2ccncc2)c1. The van der Waals surface area contributed by atoms with E-state index in [9.17, 15) is 0 Å². The second kappa shape index (κ2) is 4.46. The Morgan fingerprint density at radius 1 is 0.933 bits per heavy atom. The number of benzene rings is 1. The molecular formula is C12H13N3. The van der Waals surface area contributed by atoms with Crippen molar-refractivity contribution in [1.82, 2.24) is 4.98 Å². The molecule has 2 N–H and O–H groups in total. The van der Waals surface area contributed by atoms with Crippen molar-refractivity contribution >= 4 is 17.1 Å². The lowest BCUT2D eigenvalue weighted by atomic mass is 10.2. The third-order valence-corrected chi connectivity index (χ3v) is 2.12. The minimum atomic E-state index is 1.04. The highest BCUT2D eigenvalue weighted by molar-refractivity contribution is 5.63. The first kappa shape index (κ1) is 9.52. The van der Waals surface area contributed by atoms with E-state index in [1.807, 2.05) is 37.4 Å². The van der Waals surface area contributed by atoms with Crippen molar-refractivity contribution in [2.24, 2.45) is 0 Å². The zero-order valence-corrected chi connectivity index (χ0v) is 8.57. The lowest BCUT2D eigenvalue weighted by molar-refractivity contribution is 1.32. The molecule has 2 aromatic rings. The molecule has 15 heavy (non-hydrogen) atoms. The van der Waals surface area contributed by atoms with E-state index in [1.54, 1.807) is 12.4 Å². The van der Waals surface area contributed by atoms with Crippen LogP contribution in [-0.2, 0) is 0 Å². The predicted molar refractivity (Wildman–Crippen MR) is 63.5 cm³/mol. The summed E-state index contributed by atoms with van der Waals surface area (Å²) in [6.45, 7) is 0. The Bertz CT molecular complexity index is 426. The van der Waals surface area contributed by atoms with E-state index < -0.39 is 0 Å². The first-order valence-corrected chi connectivity index (χ1v) is 4.83. The molecule has 1 aromatic heterocycles. The van der Waals surface area contributed by atoms with E-state index in [4.69, 9.17) is 0 Å². The van der Waals surface area contributed by atoms with Crippen LogP contribution in [0.25, 0.3) is 0 Å². The van der Waals surface area contributed by atoms with Crippen LogP contribution in [0.4, 0.5) is 17.1 Å². The van der Waals surface area contributed by atoms with Crippen molar-refractivity contribution in [2.75, 3.05) is 17.7 Å². The highest BCUT2D eigenvalue weighted by atomic mass is 14.9. The average Bonchev–Trinajstić information content (AvgIpc) is 2.31. The van der Waals surface area contributed by atoms with Crippen LogP contribution in [0.3, 0.4) is 0 Å². The van der Waals surface area contributed by atoms with Gasteiger partial charge in [-0.1, -0.05) is 6.07 Å². The van der Waals surface area contributed by atoms with Gasteiger partial charge in [0, 0.05) is 36.5 Å². The fourth-order valence-electron chi connectivity index (χ4n) is 1.35. The maximum absolute atomic E-state index is 3.97. The van der Waals surface area contributed by atoms with Gasteiger partial charge in [-0.2, -0.15) is 0 Å². The van der Waals surface area contributed by atoms with Crippen LogP contribution < -0.4 is 10.6 Å². The lowest BCUT2D eigenvalue weighted by Gasteiger charge is -2.07. The Morgan fingerprint density at radius 3 is 2.40 bits per heavy atom. The number of nitrogens with zero attached hydrogens (tertiary/aromatic N) is 1. The number of anilines is 3. The Hall–Kier alpha value is -2.03. The van der Waals surface area contributed by atoms with Gasteiger partial charge in [0.1, 0.15) is 0 Å². The fourth-order valence-corrected chi connectivity index (χ4v) is 1.35. The van der Waals surface area contributed by atoms with E-state index in [2.05, 4.69) is 21.7 Å². The summed E-state index contributed by atoms with van der Waals surface area (Å²) in [7, 11) is 1.91. The van der Waals surface area contributed by atoms with Gasteiger partial charge in [0.25, 0.3) is 0 Å². The molecule has 0 bridgehead atoms. The standard InChI is InChI=1S/C12H13N3/c1-13-11-3-2-4-12(9-11)15-10-5-7-14-8-6-10/h2-9,13H,1H3,(H,14,15). The summed E-state index contributed by atoms with van der Waals surface area (Å²) in [5.74, 6) is 0. The molecule has 0 unspecified atom stereocenters. The smallest absolute Gasteiger partial charge is 0.0415 e. The topological polar surface area (TPSA) is 37.0 Å². The number of nitrogens with one attached hydrogen (secondary N) is 2. The van der Waals surface area contributed by atoms with E-state index in [0.717, 1.165) is 17.1 Å². The number of rotatable bonds is 3. The third-order valence-electron chi connectivity index (χ3n) is 2.12. The largest absolute Gasteiger partial charge is 0.388 e. The molecule has 0 spiro atoms. The van der Waals surface area contributed by atoms with Gasteiger partial charge >= 0.3 is 0 Å². The number of hydrogen-bond donors (Lipinski definition) is 2. The lowest BCUT2D eigenvalue weighted by Crippen LogP contribution is -1.92. The predicted octanol–water partition coefficient (Wildman–Crippen LogP) is 2.87. The van der Waals surface area contributed by atoms with Crippen molar-refractivity contribution in [3.05, 3.63) is 48.8 Å². The summed E-state index contributed by atoms with van der Waals surface area (Å²) in [6.07, 6.45) is 3.54. The molecular weight excluding hydrogens is 186 g/mol. The minimum Gasteiger partial charge on any atom is -0.388 e. The van der Waals surface area contributed by atoms with Crippen molar-refractivity contribution in [1.29, 1.82) is 0 Å². The van der Waals surface area contributed by atoms with Crippen LogP contribution in [0, 0.1) is 0 Å². The van der Waals surface area contributed by atoms with Crippen molar-refractivity contribution in [2.45, 2.75) is 0 Å². The maximum Gasteiger partial charge on any atom is 0.0415 e. The van der Waals surface area contributed by atoms with Gasteiger partial charge in [0.05, 0.1) is 0 Å². The van der Waals surface area contributed by atoms with Crippen LogP contribution in [0.5, 0.6) is 0 Å². The Kier molecular flexibility index (Phi) is 2.83. The van der Waals surface area contributed by atoms with E-state index in [1.165, 1.54) is 0 Å². The average molecular weight is 199 g/mol. The molecule has 3 heteroatoms. The zero-order valence-electron chi connectivity index (χ0n) is 8.57. The van der Waals surface area contributed by atoms with Crippen molar-refractivity contribution < 1.29 is 0 Å². The summed E-state index contributed by atoms with van der Waals surface area (Å²) >= 11 is 0. The quantitative estimate of drug-likeness (QED) is 0.798. The van der Waals surface area contributed by atoms with Gasteiger partial charge in [0.15, 0.2) is 0 Å². The highest BCUT2D eigenvalue weighted by Gasteiger charge is 1.94. The number of aromatic nitrogens is 1. The molecule has 0 saturated carbocycles. The van der Waals surface area contributed by atoms with Crippen LogP contribution in [-0.4, -0.2) is 12.0 Å². The summed E-state index contributed by atoms with van der Waals surface area (Å²) in [6, 6.07) is 12.0. The van der Waals surface area contributed by atoms with Gasteiger partial charge in [-0.25, -0.2) is 0 Å². The van der Waals surface area contributed by atoms with Gasteiger partial charge < -0.3 is 10.6 Å². The normalized spacial score (nSPS) is 9.67. The highest BCUT2D eigenvalue weighted by Crippen LogP contribution is 2.18. The van der Waals surface area contributed by atoms with Gasteiger partial charge in [0.2, 0.25) is 0 Å². The molecule has 0 aliphatic carbocycles. The van der Waals surface area contributed by atoms with E-state index >= 15 is 0 Å². The Balaban J connectivity index is 2.17. The third kappa shape index (κ3) is 2.47. The molecule has 0 aliphatic heterocycles. The van der Waals surface area contributed by atoms with E-state index in [-0.39, 0.29) is 0 Å². The summed E-state index contributed by atoms with van der Waals surface area (Å²) in [5, 5.41) is 6.40. The van der Waals surface area contributed by atoms with Crippen LogP contribution in [0.2, 0.25) is 0 Å². The zero-order chi connectivity index (χ0) is 10.5. The molecule has 3 nitrogen and oxygen atoms in total. The van der Waals surface area contributed by atoms with Crippen molar-refractivity contribution in [3.63, 3.8) is 0 Å². The Labute approximate surface area is 89.2 Å². The van der Waals surface area contributed by atoms with Crippen molar-refractivity contribution in [3.8, 4) is 0 Å². The molecule has 1 heterocycles. The molecule has 0 atom stereocenters. The second-order valence-corrected chi connectivity index (χ2v) is 3.19. The molecule has 0 aliphatic rings. The molecule has 0 amide bonds.